The Hall–Kier alpha value is -1.71. The van der Waals surface area contributed by atoms with Crippen LogP contribution in [0.3, 0.4) is 0 Å². The zero-order valence-corrected chi connectivity index (χ0v) is 10.8. The molecule has 4 nitrogen and oxygen atoms in total. The van der Waals surface area contributed by atoms with Crippen LogP contribution >= 0.6 is 0 Å². The smallest absolute Gasteiger partial charge is 0.258 e. The number of rotatable bonds is 3. The van der Waals surface area contributed by atoms with Crippen LogP contribution in [0.5, 0.6) is 5.75 Å². The zero-order valence-electron chi connectivity index (χ0n) is 10.8. The first-order chi connectivity index (χ1) is 7.78. The van der Waals surface area contributed by atoms with Gasteiger partial charge in [-0.25, -0.2) is 0 Å². The Kier molecular flexibility index (Phi) is 3.99. The topological polar surface area (TPSA) is 64.3 Å². The first-order valence-electron chi connectivity index (χ1n) is 5.58. The summed E-state index contributed by atoms with van der Waals surface area (Å²) in [7, 11) is 0. The molecule has 1 aromatic rings. The SMILES string of the molecule is Cc1cc(N)ccc1OCC(=O)NC(C)(C)C. The number of carbonyl (C=O) groups excluding carboxylic acids is 1. The van der Waals surface area contributed by atoms with Gasteiger partial charge >= 0.3 is 0 Å². The standard InChI is InChI=1S/C13H20N2O2/c1-9-7-10(14)5-6-11(9)17-8-12(16)15-13(2,3)4/h5-7H,8,14H2,1-4H3,(H,15,16). The van der Waals surface area contributed by atoms with Gasteiger partial charge in [-0.05, 0) is 51.5 Å². The maximum Gasteiger partial charge on any atom is 0.258 e. The molecule has 0 unspecified atom stereocenters. The molecule has 1 aromatic carbocycles. The van der Waals surface area contributed by atoms with Gasteiger partial charge in [0.15, 0.2) is 6.61 Å². The zero-order chi connectivity index (χ0) is 13.1. The van der Waals surface area contributed by atoms with Crippen molar-refractivity contribution in [3.63, 3.8) is 0 Å². The van der Waals surface area contributed by atoms with Crippen LogP contribution in [0.25, 0.3) is 0 Å². The van der Waals surface area contributed by atoms with Gasteiger partial charge in [-0.15, -0.1) is 0 Å². The normalized spacial score (nSPS) is 11.1. The molecule has 0 aromatic heterocycles. The van der Waals surface area contributed by atoms with Gasteiger partial charge in [-0.2, -0.15) is 0 Å². The largest absolute Gasteiger partial charge is 0.484 e. The van der Waals surface area contributed by atoms with Crippen LogP contribution in [0.4, 0.5) is 5.69 Å². The minimum atomic E-state index is -0.239. The van der Waals surface area contributed by atoms with Gasteiger partial charge in [-0.3, -0.25) is 4.79 Å². The van der Waals surface area contributed by atoms with Crippen LogP contribution < -0.4 is 15.8 Å². The fraction of sp³-hybridized carbons (Fsp3) is 0.462. The van der Waals surface area contributed by atoms with Crippen molar-refractivity contribution in [1.82, 2.24) is 5.32 Å². The monoisotopic (exact) mass is 236 g/mol. The number of hydrogen-bond donors (Lipinski definition) is 2. The summed E-state index contributed by atoms with van der Waals surface area (Å²) in [6.45, 7) is 7.70. The summed E-state index contributed by atoms with van der Waals surface area (Å²) in [5.74, 6) is 0.553. The average Bonchev–Trinajstić information content (AvgIpc) is 2.13. The second-order valence-electron chi connectivity index (χ2n) is 5.11. The van der Waals surface area contributed by atoms with Crippen molar-refractivity contribution in [3.8, 4) is 5.75 Å². The molecule has 0 fully saturated rings. The van der Waals surface area contributed by atoms with Crippen molar-refractivity contribution < 1.29 is 9.53 Å². The van der Waals surface area contributed by atoms with Crippen molar-refractivity contribution in [3.05, 3.63) is 23.8 Å². The Morgan fingerprint density at radius 3 is 2.59 bits per heavy atom. The Labute approximate surface area is 102 Å². The Bertz CT molecular complexity index is 408. The number of aryl methyl sites for hydroxylation is 1. The summed E-state index contributed by atoms with van der Waals surface area (Å²) >= 11 is 0. The molecule has 1 rings (SSSR count). The number of nitrogens with two attached hydrogens (primary N) is 1. The van der Waals surface area contributed by atoms with E-state index in [1.165, 1.54) is 0 Å². The van der Waals surface area contributed by atoms with Gasteiger partial charge < -0.3 is 15.8 Å². The molecule has 94 valence electrons. The number of carbonyl (C=O) groups is 1. The molecule has 0 heterocycles. The third-order valence-corrected chi connectivity index (χ3v) is 2.07. The molecule has 0 aliphatic rings. The molecule has 0 atom stereocenters. The number of anilines is 1. The number of ether oxygens (including phenoxy) is 1. The van der Waals surface area contributed by atoms with E-state index >= 15 is 0 Å². The third-order valence-electron chi connectivity index (χ3n) is 2.07. The number of nitrogen functional groups attached to an aromatic ring is 1. The van der Waals surface area contributed by atoms with Gasteiger partial charge in [0, 0.05) is 11.2 Å². The fourth-order valence-corrected chi connectivity index (χ4v) is 1.43. The van der Waals surface area contributed by atoms with Crippen molar-refractivity contribution in [1.29, 1.82) is 0 Å². The summed E-state index contributed by atoms with van der Waals surface area (Å²) in [6.07, 6.45) is 0. The van der Waals surface area contributed by atoms with Crippen LogP contribution in [-0.2, 0) is 4.79 Å². The molecular formula is C13H20N2O2. The minimum Gasteiger partial charge on any atom is -0.484 e. The highest BCUT2D eigenvalue weighted by Crippen LogP contribution is 2.19. The Balaban J connectivity index is 2.53. The molecule has 0 spiro atoms. The lowest BCUT2D eigenvalue weighted by atomic mass is 10.1. The van der Waals surface area contributed by atoms with Gasteiger partial charge in [0.2, 0.25) is 0 Å². The second kappa shape index (κ2) is 5.08. The highest BCUT2D eigenvalue weighted by Gasteiger charge is 2.14. The summed E-state index contributed by atoms with van der Waals surface area (Å²) in [5, 5.41) is 2.83. The molecule has 17 heavy (non-hydrogen) atoms. The van der Waals surface area contributed by atoms with E-state index in [1.807, 2.05) is 33.8 Å². The fourth-order valence-electron chi connectivity index (χ4n) is 1.43. The van der Waals surface area contributed by atoms with Crippen LogP contribution in [0, 0.1) is 6.92 Å². The highest BCUT2D eigenvalue weighted by molar-refractivity contribution is 5.78. The molecule has 0 bridgehead atoms. The Morgan fingerprint density at radius 2 is 2.06 bits per heavy atom. The molecule has 4 heteroatoms. The molecule has 1 amide bonds. The van der Waals surface area contributed by atoms with E-state index in [1.54, 1.807) is 12.1 Å². The quantitative estimate of drug-likeness (QED) is 0.787. The highest BCUT2D eigenvalue weighted by atomic mass is 16.5. The number of benzene rings is 1. The van der Waals surface area contributed by atoms with Crippen LogP contribution in [0.1, 0.15) is 26.3 Å². The average molecular weight is 236 g/mol. The molecule has 0 saturated carbocycles. The summed E-state index contributed by atoms with van der Waals surface area (Å²) in [6, 6.07) is 5.34. The van der Waals surface area contributed by atoms with Crippen molar-refractivity contribution in [2.75, 3.05) is 12.3 Å². The number of amides is 1. The maximum atomic E-state index is 11.5. The van der Waals surface area contributed by atoms with E-state index < -0.39 is 0 Å². The van der Waals surface area contributed by atoms with E-state index in [0.717, 1.165) is 5.56 Å². The first-order valence-corrected chi connectivity index (χ1v) is 5.58. The number of nitrogens with one attached hydrogen (secondary N) is 1. The predicted octanol–water partition coefficient (Wildman–Crippen LogP) is 1.87. The third kappa shape index (κ3) is 4.76. The minimum absolute atomic E-state index is 0.0159. The lowest BCUT2D eigenvalue weighted by molar-refractivity contribution is -0.124. The van der Waals surface area contributed by atoms with E-state index in [-0.39, 0.29) is 18.1 Å². The summed E-state index contributed by atoms with van der Waals surface area (Å²) in [5.41, 5.74) is 7.01. The first kappa shape index (κ1) is 13.4. The van der Waals surface area contributed by atoms with Crippen LogP contribution in [0.2, 0.25) is 0 Å². The lowest BCUT2D eigenvalue weighted by Gasteiger charge is -2.20. The molecule has 0 radical (unpaired) electrons. The van der Waals surface area contributed by atoms with Crippen molar-refractivity contribution in [2.24, 2.45) is 0 Å². The lowest BCUT2D eigenvalue weighted by Crippen LogP contribution is -2.43. The molecular weight excluding hydrogens is 216 g/mol. The van der Waals surface area contributed by atoms with E-state index in [9.17, 15) is 4.79 Å². The van der Waals surface area contributed by atoms with Crippen molar-refractivity contribution in [2.45, 2.75) is 33.2 Å². The van der Waals surface area contributed by atoms with Crippen LogP contribution in [0.15, 0.2) is 18.2 Å². The molecule has 0 aliphatic carbocycles. The Morgan fingerprint density at radius 1 is 1.41 bits per heavy atom. The molecule has 3 N–H and O–H groups in total. The predicted molar refractivity (Wildman–Crippen MR) is 69.0 cm³/mol. The second-order valence-corrected chi connectivity index (χ2v) is 5.11. The van der Waals surface area contributed by atoms with Crippen molar-refractivity contribution >= 4 is 11.6 Å². The summed E-state index contributed by atoms with van der Waals surface area (Å²) in [4.78, 5) is 11.5. The summed E-state index contributed by atoms with van der Waals surface area (Å²) < 4.78 is 5.43. The van der Waals surface area contributed by atoms with E-state index in [0.29, 0.717) is 11.4 Å². The van der Waals surface area contributed by atoms with Gasteiger partial charge in [0.05, 0.1) is 0 Å². The maximum absolute atomic E-state index is 11.5. The van der Waals surface area contributed by atoms with Gasteiger partial charge in [0.25, 0.3) is 5.91 Å². The van der Waals surface area contributed by atoms with E-state index in [2.05, 4.69) is 5.32 Å². The van der Waals surface area contributed by atoms with Gasteiger partial charge in [0.1, 0.15) is 5.75 Å². The molecule has 0 aliphatic heterocycles. The van der Waals surface area contributed by atoms with Crippen LogP contribution in [-0.4, -0.2) is 18.1 Å². The molecule has 0 saturated heterocycles. The van der Waals surface area contributed by atoms with E-state index in [4.69, 9.17) is 10.5 Å². The van der Waals surface area contributed by atoms with Gasteiger partial charge in [-0.1, -0.05) is 0 Å². The number of hydrogen-bond acceptors (Lipinski definition) is 3.